The second-order valence-electron chi connectivity index (χ2n) is 6.20. The summed E-state index contributed by atoms with van der Waals surface area (Å²) in [5, 5.41) is 8.39. The van der Waals surface area contributed by atoms with Crippen molar-refractivity contribution in [1.29, 1.82) is 0 Å². The molecule has 1 N–H and O–H groups in total. The quantitative estimate of drug-likeness (QED) is 0.776. The maximum atomic E-state index is 13.7. The molecule has 0 unspecified atom stereocenters. The minimum atomic E-state index is -0.523. The lowest BCUT2D eigenvalue weighted by Gasteiger charge is -2.06. The van der Waals surface area contributed by atoms with Crippen LogP contribution < -0.4 is 5.32 Å². The summed E-state index contributed by atoms with van der Waals surface area (Å²) in [6, 6.07) is 13.9. The predicted octanol–water partition coefficient (Wildman–Crippen LogP) is 3.76. The lowest BCUT2D eigenvalue weighted by molar-refractivity contribution is 0.0946. The topological polar surface area (TPSA) is 46.9 Å². The van der Waals surface area contributed by atoms with E-state index in [1.54, 1.807) is 12.1 Å². The van der Waals surface area contributed by atoms with Crippen LogP contribution in [-0.4, -0.2) is 15.7 Å². The summed E-state index contributed by atoms with van der Waals surface area (Å²) in [6.45, 7) is 5.34. The first-order valence-corrected chi connectivity index (χ1v) is 8.03. The third kappa shape index (κ3) is 3.30. The molecule has 0 aliphatic carbocycles. The van der Waals surface area contributed by atoms with Crippen LogP contribution in [0.1, 0.15) is 29.9 Å². The molecule has 1 aromatic heterocycles. The molecule has 0 saturated carbocycles. The Morgan fingerprint density at radius 1 is 1.17 bits per heavy atom. The molecule has 4 nitrogen and oxygen atoms in total. The second-order valence-corrected chi connectivity index (χ2v) is 6.20. The number of fused-ring (bicyclic) bond motifs is 1. The van der Waals surface area contributed by atoms with Crippen LogP contribution in [0.4, 0.5) is 4.39 Å². The van der Waals surface area contributed by atoms with Crippen LogP contribution in [0.5, 0.6) is 0 Å². The number of halogens is 1. The molecule has 0 saturated heterocycles. The van der Waals surface area contributed by atoms with Crippen molar-refractivity contribution >= 4 is 16.8 Å². The Morgan fingerprint density at radius 2 is 1.88 bits per heavy atom. The maximum absolute atomic E-state index is 13.7. The zero-order valence-electron chi connectivity index (χ0n) is 13.8. The van der Waals surface area contributed by atoms with Crippen molar-refractivity contribution in [3.63, 3.8) is 0 Å². The zero-order valence-corrected chi connectivity index (χ0v) is 13.8. The largest absolute Gasteiger partial charge is 0.346 e. The lowest BCUT2D eigenvalue weighted by Crippen LogP contribution is -2.24. The van der Waals surface area contributed by atoms with E-state index in [9.17, 15) is 9.18 Å². The van der Waals surface area contributed by atoms with Gasteiger partial charge in [-0.2, -0.15) is 5.10 Å². The Balaban J connectivity index is 1.83. The number of carbonyl (C=O) groups is 1. The maximum Gasteiger partial charge on any atom is 0.254 e. The molecule has 1 amide bonds. The molecule has 0 radical (unpaired) electrons. The fourth-order valence-electron chi connectivity index (χ4n) is 2.72. The molecule has 0 spiro atoms. The average molecular weight is 325 g/mol. The number of para-hydroxylation sites is 1. The van der Waals surface area contributed by atoms with Gasteiger partial charge in [-0.05, 0) is 24.1 Å². The van der Waals surface area contributed by atoms with Crippen LogP contribution in [0.3, 0.4) is 0 Å². The fraction of sp³-hybridized carbons (Fsp3) is 0.263. The third-order valence-electron chi connectivity index (χ3n) is 3.81. The van der Waals surface area contributed by atoms with Crippen molar-refractivity contribution in [2.24, 2.45) is 5.92 Å². The summed E-state index contributed by atoms with van der Waals surface area (Å²) < 4.78 is 15.6. The molecular formula is C19H20FN3O. The van der Waals surface area contributed by atoms with Gasteiger partial charge < -0.3 is 5.32 Å². The van der Waals surface area contributed by atoms with Gasteiger partial charge in [0.15, 0.2) is 0 Å². The number of rotatable bonds is 5. The number of aromatic nitrogens is 2. The highest BCUT2D eigenvalue weighted by Gasteiger charge is 2.14. The average Bonchev–Trinajstić information content (AvgIpc) is 2.90. The molecule has 3 rings (SSSR count). The summed E-state index contributed by atoms with van der Waals surface area (Å²) in [7, 11) is 0. The van der Waals surface area contributed by atoms with Gasteiger partial charge in [0.2, 0.25) is 0 Å². The number of hydrogen-bond acceptors (Lipinski definition) is 2. The van der Waals surface area contributed by atoms with Crippen molar-refractivity contribution in [1.82, 2.24) is 15.1 Å². The van der Waals surface area contributed by atoms with Crippen molar-refractivity contribution in [3.05, 3.63) is 65.6 Å². The molecule has 0 aliphatic rings. The van der Waals surface area contributed by atoms with Gasteiger partial charge in [-0.1, -0.05) is 44.2 Å². The first-order chi connectivity index (χ1) is 11.6. The Morgan fingerprint density at radius 3 is 2.62 bits per heavy atom. The minimum absolute atomic E-state index is 0.0448. The van der Waals surface area contributed by atoms with Gasteiger partial charge >= 0.3 is 0 Å². The third-order valence-corrected chi connectivity index (χ3v) is 3.81. The van der Waals surface area contributed by atoms with Crippen molar-refractivity contribution in [3.8, 4) is 0 Å². The van der Waals surface area contributed by atoms with Gasteiger partial charge in [-0.15, -0.1) is 0 Å². The van der Waals surface area contributed by atoms with E-state index in [1.807, 2.05) is 28.9 Å². The molecule has 0 atom stereocenters. The molecular weight excluding hydrogens is 305 g/mol. The smallest absolute Gasteiger partial charge is 0.254 e. The van der Waals surface area contributed by atoms with E-state index in [4.69, 9.17) is 0 Å². The van der Waals surface area contributed by atoms with Gasteiger partial charge in [-0.25, -0.2) is 4.39 Å². The van der Waals surface area contributed by atoms with Crippen molar-refractivity contribution in [2.75, 3.05) is 0 Å². The van der Waals surface area contributed by atoms with Crippen molar-refractivity contribution < 1.29 is 9.18 Å². The summed E-state index contributed by atoms with van der Waals surface area (Å²) in [5.41, 5.74) is 1.88. The number of amides is 1. The Labute approximate surface area is 140 Å². The molecule has 5 heteroatoms. The monoisotopic (exact) mass is 325 g/mol. The van der Waals surface area contributed by atoms with E-state index in [-0.39, 0.29) is 12.1 Å². The number of nitrogens with zero attached hydrogens (tertiary/aromatic N) is 2. The van der Waals surface area contributed by atoms with Crippen LogP contribution in [-0.2, 0) is 13.1 Å². The highest BCUT2D eigenvalue weighted by atomic mass is 19.1. The zero-order chi connectivity index (χ0) is 17.1. The first kappa shape index (κ1) is 16.2. The first-order valence-electron chi connectivity index (χ1n) is 8.03. The van der Waals surface area contributed by atoms with Gasteiger partial charge in [-0.3, -0.25) is 9.48 Å². The molecule has 0 aliphatic heterocycles. The van der Waals surface area contributed by atoms with Crippen LogP contribution in [0.15, 0.2) is 48.5 Å². The van der Waals surface area contributed by atoms with E-state index >= 15 is 0 Å². The number of hydrogen-bond donors (Lipinski definition) is 1. The normalized spacial score (nSPS) is 11.2. The van der Waals surface area contributed by atoms with Crippen LogP contribution >= 0.6 is 0 Å². The number of benzene rings is 2. The molecule has 1 heterocycles. The molecule has 2 aromatic carbocycles. The summed E-state index contributed by atoms with van der Waals surface area (Å²) >= 11 is 0. The second kappa shape index (κ2) is 6.83. The Kier molecular flexibility index (Phi) is 4.60. The predicted molar refractivity (Wildman–Crippen MR) is 92.1 cm³/mol. The van der Waals surface area contributed by atoms with Gasteiger partial charge in [0, 0.05) is 11.9 Å². The number of carbonyl (C=O) groups excluding carboxylic acids is 1. The van der Waals surface area contributed by atoms with Gasteiger partial charge in [0.05, 0.1) is 23.3 Å². The van der Waals surface area contributed by atoms with Crippen LogP contribution in [0, 0.1) is 11.7 Å². The summed E-state index contributed by atoms with van der Waals surface area (Å²) in [5.74, 6) is -0.491. The van der Waals surface area contributed by atoms with E-state index in [1.165, 1.54) is 12.1 Å². The van der Waals surface area contributed by atoms with E-state index < -0.39 is 11.7 Å². The lowest BCUT2D eigenvalue weighted by atomic mass is 10.2. The fourth-order valence-corrected chi connectivity index (χ4v) is 2.72. The SMILES string of the molecule is CC(C)Cn1nc(CNC(=O)c2ccccc2F)c2ccccc21. The van der Waals surface area contributed by atoms with Crippen LogP contribution in [0.25, 0.3) is 10.9 Å². The Hall–Kier alpha value is -2.69. The van der Waals surface area contributed by atoms with Gasteiger partial charge in [0.25, 0.3) is 5.91 Å². The van der Waals surface area contributed by atoms with Crippen molar-refractivity contribution in [2.45, 2.75) is 26.9 Å². The van der Waals surface area contributed by atoms with Gasteiger partial charge in [0.1, 0.15) is 5.82 Å². The molecule has 24 heavy (non-hydrogen) atoms. The highest BCUT2D eigenvalue weighted by molar-refractivity contribution is 5.94. The minimum Gasteiger partial charge on any atom is -0.346 e. The van der Waals surface area contributed by atoms with E-state index in [0.29, 0.717) is 5.92 Å². The van der Waals surface area contributed by atoms with Crippen LogP contribution in [0.2, 0.25) is 0 Å². The summed E-state index contributed by atoms with van der Waals surface area (Å²) in [4.78, 5) is 12.2. The molecule has 0 bridgehead atoms. The van der Waals surface area contributed by atoms with E-state index in [0.717, 1.165) is 23.1 Å². The molecule has 124 valence electrons. The standard InChI is InChI=1S/C19H20FN3O/c1-13(2)12-23-18-10-6-4-8-15(18)17(22-23)11-21-19(24)14-7-3-5-9-16(14)20/h3-10,13H,11-12H2,1-2H3,(H,21,24). The summed E-state index contributed by atoms with van der Waals surface area (Å²) in [6.07, 6.45) is 0. The molecule has 0 fully saturated rings. The van der Waals surface area contributed by atoms with E-state index in [2.05, 4.69) is 24.3 Å². The Bertz CT molecular complexity index is 870. The highest BCUT2D eigenvalue weighted by Crippen LogP contribution is 2.19. The number of nitrogens with one attached hydrogen (secondary N) is 1. The molecule has 3 aromatic rings.